The van der Waals surface area contributed by atoms with Gasteiger partial charge in [0, 0.05) is 11.6 Å². The van der Waals surface area contributed by atoms with E-state index in [9.17, 15) is 0 Å². The summed E-state index contributed by atoms with van der Waals surface area (Å²) in [5.74, 6) is 0.138. The maximum atomic E-state index is 8.82. The minimum absolute atomic E-state index is 0.187. The van der Waals surface area contributed by atoms with Crippen molar-refractivity contribution in [2.24, 2.45) is 10.8 Å². The number of fused-ring (bicyclic) bond motifs is 1. The third kappa shape index (κ3) is 3.08. The average molecular weight is 318 g/mol. The highest BCUT2D eigenvalue weighted by molar-refractivity contribution is 6.45. The SMILES string of the molecule is Cc1ccc(-c2nc3ccc(N/N=C(\C#N)C(=N)N)cc3o2)cc1. The molecular weight excluding hydrogens is 304 g/mol. The Morgan fingerprint density at radius 1 is 1.29 bits per heavy atom. The summed E-state index contributed by atoms with van der Waals surface area (Å²) in [7, 11) is 0. The number of amidine groups is 1. The van der Waals surface area contributed by atoms with Gasteiger partial charge in [-0.15, -0.1) is 0 Å². The summed E-state index contributed by atoms with van der Waals surface area (Å²) < 4.78 is 5.78. The fourth-order valence-electron chi connectivity index (χ4n) is 2.08. The van der Waals surface area contributed by atoms with E-state index in [1.54, 1.807) is 24.3 Å². The second-order valence-corrected chi connectivity index (χ2v) is 5.17. The Labute approximate surface area is 137 Å². The van der Waals surface area contributed by atoms with Crippen molar-refractivity contribution in [1.29, 1.82) is 10.7 Å². The van der Waals surface area contributed by atoms with Crippen LogP contribution in [-0.4, -0.2) is 16.5 Å². The van der Waals surface area contributed by atoms with Crippen LogP contribution in [-0.2, 0) is 0 Å². The highest BCUT2D eigenvalue weighted by Crippen LogP contribution is 2.26. The lowest BCUT2D eigenvalue weighted by Gasteiger charge is -2.00. The lowest BCUT2D eigenvalue weighted by molar-refractivity contribution is 0.620. The van der Waals surface area contributed by atoms with E-state index in [1.807, 2.05) is 31.2 Å². The summed E-state index contributed by atoms with van der Waals surface area (Å²) >= 11 is 0. The Balaban J connectivity index is 1.90. The first-order valence-corrected chi connectivity index (χ1v) is 7.12. The van der Waals surface area contributed by atoms with E-state index in [1.165, 1.54) is 0 Å². The highest BCUT2D eigenvalue weighted by atomic mass is 16.3. The van der Waals surface area contributed by atoms with E-state index in [4.69, 9.17) is 20.8 Å². The predicted octanol–water partition coefficient (Wildman–Crippen LogP) is 3.03. The van der Waals surface area contributed by atoms with Crippen LogP contribution in [0.1, 0.15) is 5.56 Å². The van der Waals surface area contributed by atoms with Gasteiger partial charge in [0.05, 0.1) is 5.69 Å². The van der Waals surface area contributed by atoms with Crippen molar-refractivity contribution in [1.82, 2.24) is 4.98 Å². The lowest BCUT2D eigenvalue weighted by atomic mass is 10.1. The number of oxazole rings is 1. The van der Waals surface area contributed by atoms with Gasteiger partial charge in [-0.3, -0.25) is 10.8 Å². The van der Waals surface area contributed by atoms with Crippen LogP contribution in [0.5, 0.6) is 0 Å². The van der Waals surface area contributed by atoms with Crippen LogP contribution in [0, 0.1) is 23.7 Å². The summed E-state index contributed by atoms with van der Waals surface area (Å²) in [5, 5.41) is 19.8. The Morgan fingerprint density at radius 2 is 2.04 bits per heavy atom. The maximum absolute atomic E-state index is 8.82. The Kier molecular flexibility index (Phi) is 3.95. The van der Waals surface area contributed by atoms with Gasteiger partial charge >= 0.3 is 0 Å². The first-order chi connectivity index (χ1) is 11.6. The first-order valence-electron chi connectivity index (χ1n) is 7.12. The molecule has 0 bridgehead atoms. The number of rotatable bonds is 4. The fourth-order valence-corrected chi connectivity index (χ4v) is 2.08. The maximum Gasteiger partial charge on any atom is 0.227 e. The highest BCUT2D eigenvalue weighted by Gasteiger charge is 2.09. The zero-order chi connectivity index (χ0) is 17.1. The number of anilines is 1. The molecule has 0 spiro atoms. The first kappa shape index (κ1) is 15.2. The molecule has 0 radical (unpaired) electrons. The molecule has 0 aliphatic carbocycles. The van der Waals surface area contributed by atoms with Crippen LogP contribution in [0.3, 0.4) is 0 Å². The molecule has 0 saturated heterocycles. The molecule has 0 fully saturated rings. The molecule has 4 N–H and O–H groups in total. The Morgan fingerprint density at radius 3 is 2.71 bits per heavy atom. The molecule has 3 aromatic rings. The second-order valence-electron chi connectivity index (χ2n) is 5.17. The number of nitrogens with zero attached hydrogens (tertiary/aromatic N) is 3. The van der Waals surface area contributed by atoms with E-state index in [0.717, 1.165) is 11.1 Å². The number of hydrogen-bond donors (Lipinski definition) is 3. The average Bonchev–Trinajstić information content (AvgIpc) is 2.99. The molecule has 3 rings (SSSR count). The molecule has 0 saturated carbocycles. The van der Waals surface area contributed by atoms with Crippen molar-refractivity contribution in [2.75, 3.05) is 5.43 Å². The number of benzene rings is 2. The number of nitrogens with one attached hydrogen (secondary N) is 2. The summed E-state index contributed by atoms with van der Waals surface area (Å²) in [4.78, 5) is 4.46. The normalized spacial score (nSPS) is 11.2. The van der Waals surface area contributed by atoms with Gasteiger partial charge in [0.1, 0.15) is 11.6 Å². The van der Waals surface area contributed by atoms with Gasteiger partial charge in [-0.2, -0.15) is 10.4 Å². The van der Waals surface area contributed by atoms with Crippen LogP contribution >= 0.6 is 0 Å². The quantitative estimate of drug-likeness (QED) is 0.387. The van der Waals surface area contributed by atoms with Crippen LogP contribution < -0.4 is 11.2 Å². The zero-order valence-electron chi connectivity index (χ0n) is 12.9. The number of hydrogen-bond acceptors (Lipinski definition) is 6. The summed E-state index contributed by atoms with van der Waals surface area (Å²) in [6, 6.07) is 14.9. The van der Waals surface area contributed by atoms with Crippen molar-refractivity contribution in [3.05, 3.63) is 48.0 Å². The van der Waals surface area contributed by atoms with E-state index in [0.29, 0.717) is 22.7 Å². The van der Waals surface area contributed by atoms with Crippen LogP contribution in [0.2, 0.25) is 0 Å². The predicted molar refractivity (Wildman–Crippen MR) is 92.8 cm³/mol. The molecule has 1 aromatic heterocycles. The van der Waals surface area contributed by atoms with Crippen molar-refractivity contribution in [2.45, 2.75) is 6.92 Å². The number of hydrazone groups is 1. The lowest BCUT2D eigenvalue weighted by Crippen LogP contribution is -2.21. The van der Waals surface area contributed by atoms with Gasteiger partial charge in [-0.05, 0) is 31.2 Å². The number of nitrogens with two attached hydrogens (primary N) is 1. The van der Waals surface area contributed by atoms with Crippen LogP contribution in [0.15, 0.2) is 52.0 Å². The van der Waals surface area contributed by atoms with E-state index >= 15 is 0 Å². The van der Waals surface area contributed by atoms with Crippen molar-refractivity contribution in [3.63, 3.8) is 0 Å². The number of aromatic nitrogens is 1. The van der Waals surface area contributed by atoms with Gasteiger partial charge in [-0.1, -0.05) is 17.7 Å². The zero-order valence-corrected chi connectivity index (χ0v) is 12.9. The van der Waals surface area contributed by atoms with Gasteiger partial charge < -0.3 is 10.2 Å². The van der Waals surface area contributed by atoms with E-state index in [-0.39, 0.29) is 5.71 Å². The summed E-state index contributed by atoms with van der Waals surface area (Å²) in [6.45, 7) is 2.02. The molecule has 7 heteroatoms. The molecule has 118 valence electrons. The molecule has 0 amide bonds. The molecule has 24 heavy (non-hydrogen) atoms. The monoisotopic (exact) mass is 318 g/mol. The van der Waals surface area contributed by atoms with Crippen molar-refractivity contribution in [3.8, 4) is 17.5 Å². The molecule has 0 aliphatic rings. The molecular formula is C17H14N6O. The number of nitriles is 1. The molecule has 0 aliphatic heterocycles. The molecule has 0 unspecified atom stereocenters. The van der Waals surface area contributed by atoms with Crippen LogP contribution in [0.25, 0.3) is 22.6 Å². The molecule has 0 atom stereocenters. The van der Waals surface area contributed by atoms with Gasteiger partial charge in [0.25, 0.3) is 0 Å². The van der Waals surface area contributed by atoms with Gasteiger partial charge in [-0.25, -0.2) is 4.98 Å². The summed E-state index contributed by atoms with van der Waals surface area (Å²) in [5.41, 5.74) is 11.7. The van der Waals surface area contributed by atoms with Crippen LogP contribution in [0.4, 0.5) is 5.69 Å². The van der Waals surface area contributed by atoms with Gasteiger partial charge in [0.15, 0.2) is 11.4 Å². The van der Waals surface area contributed by atoms with Crippen molar-refractivity contribution >= 4 is 28.3 Å². The topological polar surface area (TPSA) is 124 Å². The van der Waals surface area contributed by atoms with Crippen molar-refractivity contribution < 1.29 is 4.42 Å². The third-order valence-electron chi connectivity index (χ3n) is 3.34. The molecule has 1 heterocycles. The third-order valence-corrected chi connectivity index (χ3v) is 3.34. The van der Waals surface area contributed by atoms with E-state index in [2.05, 4.69) is 15.5 Å². The standard InChI is InChI=1S/C17H14N6O/c1-10-2-4-11(5-3-10)17-21-13-7-6-12(8-15(13)24-17)22-23-14(9-18)16(19)20/h2-8,22H,1H3,(H3,19,20)/b23-14+. The molecule has 2 aromatic carbocycles. The smallest absolute Gasteiger partial charge is 0.227 e. The molecule has 7 nitrogen and oxygen atoms in total. The summed E-state index contributed by atoms with van der Waals surface area (Å²) in [6.07, 6.45) is 0. The van der Waals surface area contributed by atoms with E-state index < -0.39 is 5.84 Å². The van der Waals surface area contributed by atoms with Gasteiger partial charge in [0.2, 0.25) is 11.6 Å². The second kappa shape index (κ2) is 6.22. The Bertz CT molecular complexity index is 978. The minimum Gasteiger partial charge on any atom is -0.436 e. The largest absolute Gasteiger partial charge is 0.436 e. The fraction of sp³-hybridized carbons (Fsp3) is 0.0588. The minimum atomic E-state index is -0.396. The number of aryl methyl sites for hydroxylation is 1. The Hall–Kier alpha value is -3.66.